The van der Waals surface area contributed by atoms with E-state index in [2.05, 4.69) is 0 Å². The maximum Gasteiger partial charge on any atom is 0.264 e. The first kappa shape index (κ1) is 10.1. The quantitative estimate of drug-likeness (QED) is 0.759. The van der Waals surface area contributed by atoms with Gasteiger partial charge in [-0.15, -0.1) is 0 Å². The molecule has 1 aromatic carbocycles. The Hall–Kier alpha value is -1.03. The van der Waals surface area contributed by atoms with Crippen molar-refractivity contribution in [2.75, 3.05) is 0 Å². The number of halogens is 3. The van der Waals surface area contributed by atoms with Gasteiger partial charge in [-0.25, -0.2) is 13.2 Å². The van der Waals surface area contributed by atoms with E-state index < -0.39 is 17.8 Å². The van der Waals surface area contributed by atoms with Crippen LogP contribution < -0.4 is 5.73 Å². The van der Waals surface area contributed by atoms with Crippen LogP contribution in [0.25, 0.3) is 0 Å². The highest BCUT2D eigenvalue weighted by Gasteiger charge is 2.31. The summed E-state index contributed by atoms with van der Waals surface area (Å²) in [4.78, 5) is 0. The number of benzene rings is 1. The van der Waals surface area contributed by atoms with Crippen LogP contribution in [0, 0.1) is 5.82 Å². The highest BCUT2D eigenvalue weighted by molar-refractivity contribution is 5.21. The Morgan fingerprint density at radius 3 is 2.08 bits per heavy atom. The van der Waals surface area contributed by atoms with Crippen molar-refractivity contribution in [1.29, 1.82) is 0 Å². The van der Waals surface area contributed by atoms with Crippen molar-refractivity contribution in [2.24, 2.45) is 5.73 Å². The summed E-state index contributed by atoms with van der Waals surface area (Å²) in [7, 11) is 0. The normalized spacial score (nSPS) is 14.2. The molecule has 13 heavy (non-hydrogen) atoms. The van der Waals surface area contributed by atoms with E-state index in [1.807, 2.05) is 0 Å². The van der Waals surface area contributed by atoms with Crippen LogP contribution in [0.4, 0.5) is 13.2 Å². The molecule has 1 aromatic rings. The summed E-state index contributed by atoms with van der Waals surface area (Å²) >= 11 is 0. The summed E-state index contributed by atoms with van der Waals surface area (Å²) in [5.41, 5.74) is 5.48. The summed E-state index contributed by atoms with van der Waals surface area (Å²) in [5, 5.41) is 0. The van der Waals surface area contributed by atoms with Gasteiger partial charge in [-0.1, -0.05) is 12.1 Å². The molecule has 1 unspecified atom stereocenters. The zero-order valence-corrected chi connectivity index (χ0v) is 7.10. The third-order valence-corrected chi connectivity index (χ3v) is 1.78. The zero-order valence-electron chi connectivity index (χ0n) is 7.10. The van der Waals surface area contributed by atoms with Gasteiger partial charge in [0.05, 0.1) is 6.04 Å². The van der Waals surface area contributed by atoms with Gasteiger partial charge in [0.25, 0.3) is 5.92 Å². The largest absolute Gasteiger partial charge is 0.319 e. The predicted octanol–water partition coefficient (Wildman–Crippen LogP) is 2.48. The van der Waals surface area contributed by atoms with Crippen LogP contribution >= 0.6 is 0 Å². The van der Waals surface area contributed by atoms with Crippen LogP contribution in [0.3, 0.4) is 0 Å². The first-order valence-corrected chi connectivity index (χ1v) is 3.80. The molecule has 0 aliphatic heterocycles. The Kier molecular flexibility index (Phi) is 2.61. The second-order valence-corrected chi connectivity index (χ2v) is 2.99. The van der Waals surface area contributed by atoms with Crippen molar-refractivity contribution >= 4 is 0 Å². The van der Waals surface area contributed by atoms with E-state index in [4.69, 9.17) is 5.73 Å². The highest BCUT2D eigenvalue weighted by Crippen LogP contribution is 2.28. The Balaban J connectivity index is 2.90. The molecule has 0 saturated heterocycles. The molecule has 0 aliphatic rings. The standard InChI is InChI=1S/C9H10F3N/c1-9(11,12)8(13)6-2-4-7(10)5-3-6/h2-5,8H,13H2,1H3. The summed E-state index contributed by atoms with van der Waals surface area (Å²) in [6.07, 6.45) is 0. The number of hydrogen-bond acceptors (Lipinski definition) is 1. The molecule has 0 radical (unpaired) electrons. The SMILES string of the molecule is CC(F)(F)C(N)c1ccc(F)cc1. The van der Waals surface area contributed by atoms with Gasteiger partial charge in [0, 0.05) is 6.92 Å². The molecular weight excluding hydrogens is 179 g/mol. The monoisotopic (exact) mass is 189 g/mol. The summed E-state index contributed by atoms with van der Waals surface area (Å²) in [6.45, 7) is 0.737. The van der Waals surface area contributed by atoms with Crippen molar-refractivity contribution in [1.82, 2.24) is 0 Å². The number of alkyl halides is 2. The van der Waals surface area contributed by atoms with Gasteiger partial charge in [0.1, 0.15) is 5.82 Å². The van der Waals surface area contributed by atoms with E-state index >= 15 is 0 Å². The van der Waals surface area contributed by atoms with E-state index in [1.165, 1.54) is 12.1 Å². The van der Waals surface area contributed by atoms with E-state index in [0.29, 0.717) is 0 Å². The van der Waals surface area contributed by atoms with Crippen molar-refractivity contribution in [3.63, 3.8) is 0 Å². The molecule has 1 nitrogen and oxygen atoms in total. The second kappa shape index (κ2) is 3.38. The molecule has 0 saturated carbocycles. The Labute approximate surface area is 74.4 Å². The lowest BCUT2D eigenvalue weighted by molar-refractivity contribution is -0.00621. The van der Waals surface area contributed by atoms with Gasteiger partial charge in [-0.05, 0) is 17.7 Å². The summed E-state index contributed by atoms with van der Waals surface area (Å²) in [6, 6.07) is 3.37. The lowest BCUT2D eigenvalue weighted by Gasteiger charge is -2.19. The van der Waals surface area contributed by atoms with Gasteiger partial charge in [0.15, 0.2) is 0 Å². The van der Waals surface area contributed by atoms with E-state index in [-0.39, 0.29) is 5.56 Å². The van der Waals surface area contributed by atoms with Gasteiger partial charge < -0.3 is 5.73 Å². The average molecular weight is 189 g/mol. The van der Waals surface area contributed by atoms with Crippen molar-refractivity contribution in [3.8, 4) is 0 Å². The molecule has 0 amide bonds. The number of hydrogen-bond donors (Lipinski definition) is 1. The van der Waals surface area contributed by atoms with Crippen molar-refractivity contribution in [2.45, 2.75) is 18.9 Å². The second-order valence-electron chi connectivity index (χ2n) is 2.99. The molecule has 0 bridgehead atoms. The van der Waals surface area contributed by atoms with Crippen LogP contribution in [-0.4, -0.2) is 5.92 Å². The first-order valence-electron chi connectivity index (χ1n) is 3.80. The third-order valence-electron chi connectivity index (χ3n) is 1.78. The van der Waals surface area contributed by atoms with E-state index in [9.17, 15) is 13.2 Å². The fourth-order valence-electron chi connectivity index (χ4n) is 0.963. The highest BCUT2D eigenvalue weighted by atomic mass is 19.3. The van der Waals surface area contributed by atoms with Crippen LogP contribution in [-0.2, 0) is 0 Å². The zero-order chi connectivity index (χ0) is 10.1. The lowest BCUT2D eigenvalue weighted by atomic mass is 10.0. The molecule has 2 N–H and O–H groups in total. The molecule has 0 aromatic heterocycles. The molecule has 1 atom stereocenters. The van der Waals surface area contributed by atoms with E-state index in [0.717, 1.165) is 19.1 Å². The molecule has 1 rings (SSSR count). The van der Waals surface area contributed by atoms with Crippen LogP contribution in [0.1, 0.15) is 18.5 Å². The Morgan fingerprint density at radius 2 is 1.69 bits per heavy atom. The smallest absolute Gasteiger partial charge is 0.264 e. The van der Waals surface area contributed by atoms with Crippen molar-refractivity contribution in [3.05, 3.63) is 35.6 Å². The minimum absolute atomic E-state index is 0.230. The minimum Gasteiger partial charge on any atom is -0.319 e. The fourth-order valence-corrected chi connectivity index (χ4v) is 0.963. The summed E-state index contributed by atoms with van der Waals surface area (Å²) < 4.78 is 37.8. The van der Waals surface area contributed by atoms with Gasteiger partial charge in [-0.2, -0.15) is 0 Å². The van der Waals surface area contributed by atoms with Gasteiger partial charge >= 0.3 is 0 Å². The molecule has 0 spiro atoms. The van der Waals surface area contributed by atoms with Gasteiger partial charge in [0.2, 0.25) is 0 Å². The molecular formula is C9H10F3N. The van der Waals surface area contributed by atoms with Crippen LogP contribution in [0.2, 0.25) is 0 Å². The topological polar surface area (TPSA) is 26.0 Å². The van der Waals surface area contributed by atoms with Crippen LogP contribution in [0.15, 0.2) is 24.3 Å². The molecule has 0 fully saturated rings. The van der Waals surface area contributed by atoms with Crippen LogP contribution in [0.5, 0.6) is 0 Å². The molecule has 72 valence electrons. The average Bonchev–Trinajstić information content (AvgIpc) is 2.03. The maximum absolute atomic E-state index is 12.7. The third kappa shape index (κ3) is 2.45. The minimum atomic E-state index is -2.99. The van der Waals surface area contributed by atoms with Gasteiger partial charge in [-0.3, -0.25) is 0 Å². The number of rotatable bonds is 2. The maximum atomic E-state index is 12.7. The molecule has 4 heteroatoms. The fraction of sp³-hybridized carbons (Fsp3) is 0.333. The Morgan fingerprint density at radius 1 is 1.23 bits per heavy atom. The lowest BCUT2D eigenvalue weighted by Crippen LogP contribution is -2.29. The Bertz CT molecular complexity index is 276. The predicted molar refractivity (Wildman–Crippen MR) is 43.9 cm³/mol. The molecule has 0 heterocycles. The number of nitrogens with two attached hydrogens (primary N) is 1. The molecule has 0 aliphatic carbocycles. The van der Waals surface area contributed by atoms with E-state index in [1.54, 1.807) is 0 Å². The van der Waals surface area contributed by atoms with Crippen molar-refractivity contribution < 1.29 is 13.2 Å². The first-order chi connectivity index (χ1) is 5.91. The summed E-state index contributed by atoms with van der Waals surface area (Å²) in [5.74, 6) is -3.45.